The lowest BCUT2D eigenvalue weighted by Gasteiger charge is -2.41. The molecular formula is C15H20N4O. The van der Waals surface area contributed by atoms with Crippen molar-refractivity contribution >= 4 is 5.91 Å². The van der Waals surface area contributed by atoms with E-state index in [4.69, 9.17) is 0 Å². The molecule has 1 aromatic rings. The molecule has 5 nitrogen and oxygen atoms in total. The third-order valence-corrected chi connectivity index (χ3v) is 4.70. The van der Waals surface area contributed by atoms with Gasteiger partial charge in [-0.3, -0.25) is 4.79 Å². The molecule has 3 rings (SSSR count). The van der Waals surface area contributed by atoms with Crippen LogP contribution in [-0.4, -0.2) is 33.4 Å². The van der Waals surface area contributed by atoms with E-state index in [0.717, 1.165) is 38.8 Å². The van der Waals surface area contributed by atoms with Crippen molar-refractivity contribution in [1.82, 2.24) is 14.5 Å². The molecule has 0 radical (unpaired) electrons. The molecule has 5 heteroatoms. The van der Waals surface area contributed by atoms with E-state index in [-0.39, 0.29) is 5.91 Å². The van der Waals surface area contributed by atoms with Gasteiger partial charge in [-0.2, -0.15) is 5.26 Å². The highest BCUT2D eigenvalue weighted by molar-refractivity contribution is 5.78. The van der Waals surface area contributed by atoms with Crippen molar-refractivity contribution in [3.8, 4) is 6.07 Å². The number of amides is 1. The summed E-state index contributed by atoms with van der Waals surface area (Å²) in [5, 5.41) is 9.43. The number of nitriles is 1. The molecule has 0 N–H and O–H groups in total. The summed E-state index contributed by atoms with van der Waals surface area (Å²) in [4.78, 5) is 18.2. The fourth-order valence-corrected chi connectivity index (χ4v) is 3.29. The number of nitrogens with zero attached hydrogens (tertiary/aromatic N) is 4. The summed E-state index contributed by atoms with van der Waals surface area (Å²) in [7, 11) is 0. The Morgan fingerprint density at radius 1 is 1.35 bits per heavy atom. The first-order chi connectivity index (χ1) is 9.72. The Bertz CT molecular complexity index is 504. The quantitative estimate of drug-likeness (QED) is 0.846. The van der Waals surface area contributed by atoms with Crippen molar-refractivity contribution in [2.24, 2.45) is 5.41 Å². The molecule has 1 aliphatic carbocycles. The molecule has 2 aliphatic rings. The first kappa shape index (κ1) is 13.2. The number of rotatable bonds is 3. The molecule has 2 heterocycles. The smallest absolute Gasteiger partial charge is 0.224 e. The summed E-state index contributed by atoms with van der Waals surface area (Å²) >= 11 is 0. The maximum atomic E-state index is 12.3. The molecule has 0 unspecified atom stereocenters. The average Bonchev–Trinajstić information content (AvgIpc) is 2.92. The van der Waals surface area contributed by atoms with Crippen LogP contribution in [0.5, 0.6) is 0 Å². The molecular weight excluding hydrogens is 252 g/mol. The lowest BCUT2D eigenvalue weighted by atomic mass is 9.72. The van der Waals surface area contributed by atoms with Crippen molar-refractivity contribution in [2.45, 2.75) is 44.6 Å². The van der Waals surface area contributed by atoms with Crippen LogP contribution in [0.4, 0.5) is 0 Å². The van der Waals surface area contributed by atoms with E-state index >= 15 is 0 Å². The van der Waals surface area contributed by atoms with Gasteiger partial charge in [0.05, 0.1) is 23.9 Å². The van der Waals surface area contributed by atoms with Gasteiger partial charge in [0.2, 0.25) is 5.91 Å². The molecule has 1 aromatic heterocycles. The van der Waals surface area contributed by atoms with Crippen LogP contribution >= 0.6 is 0 Å². The van der Waals surface area contributed by atoms with Crippen LogP contribution in [0, 0.1) is 16.7 Å². The summed E-state index contributed by atoms with van der Waals surface area (Å²) in [6, 6.07) is 2.78. The Morgan fingerprint density at radius 2 is 2.10 bits per heavy atom. The second-order valence-corrected chi connectivity index (χ2v) is 6.09. The maximum Gasteiger partial charge on any atom is 0.224 e. The predicted octanol–water partition coefficient (Wildman–Crippen LogP) is 2.13. The zero-order valence-corrected chi connectivity index (χ0v) is 11.7. The minimum Gasteiger partial charge on any atom is -0.338 e. The van der Waals surface area contributed by atoms with Gasteiger partial charge in [0, 0.05) is 31.9 Å². The molecule has 0 bridgehead atoms. The minimum atomic E-state index is -0.393. The van der Waals surface area contributed by atoms with Crippen LogP contribution in [0.3, 0.4) is 0 Å². The second kappa shape index (κ2) is 5.28. The zero-order valence-electron chi connectivity index (χ0n) is 11.7. The summed E-state index contributed by atoms with van der Waals surface area (Å²) in [5.41, 5.74) is -0.393. The van der Waals surface area contributed by atoms with Gasteiger partial charge in [0.15, 0.2) is 0 Å². The number of hydrogen-bond donors (Lipinski definition) is 0. The monoisotopic (exact) mass is 272 g/mol. The molecule has 2 fully saturated rings. The number of carbonyl (C=O) groups excluding carboxylic acids is 1. The number of likely N-dealkylation sites (tertiary alicyclic amines) is 1. The van der Waals surface area contributed by atoms with Crippen molar-refractivity contribution in [3.63, 3.8) is 0 Å². The highest BCUT2D eigenvalue weighted by Gasteiger charge is 2.39. The Morgan fingerprint density at radius 3 is 2.70 bits per heavy atom. The molecule has 20 heavy (non-hydrogen) atoms. The van der Waals surface area contributed by atoms with E-state index in [2.05, 4.69) is 11.1 Å². The van der Waals surface area contributed by atoms with Crippen LogP contribution in [-0.2, 0) is 4.79 Å². The fraction of sp³-hybridized carbons (Fsp3) is 0.667. The van der Waals surface area contributed by atoms with Gasteiger partial charge < -0.3 is 9.47 Å². The Balaban J connectivity index is 1.54. The van der Waals surface area contributed by atoms with E-state index in [9.17, 15) is 10.1 Å². The van der Waals surface area contributed by atoms with Crippen molar-refractivity contribution in [3.05, 3.63) is 18.7 Å². The SMILES string of the molecule is N#CC1(CC(=O)N2CC(n3ccnc3)C2)CCCCC1. The molecule has 106 valence electrons. The van der Waals surface area contributed by atoms with Crippen molar-refractivity contribution < 1.29 is 4.79 Å². The largest absolute Gasteiger partial charge is 0.338 e. The first-order valence-corrected chi connectivity index (χ1v) is 7.39. The first-order valence-electron chi connectivity index (χ1n) is 7.39. The summed E-state index contributed by atoms with van der Waals surface area (Å²) < 4.78 is 2.05. The minimum absolute atomic E-state index is 0.143. The Labute approximate surface area is 119 Å². The fourth-order valence-electron chi connectivity index (χ4n) is 3.29. The topological polar surface area (TPSA) is 61.9 Å². The molecule has 1 saturated carbocycles. The van der Waals surface area contributed by atoms with Gasteiger partial charge in [0.25, 0.3) is 0 Å². The highest BCUT2D eigenvalue weighted by Crippen LogP contribution is 2.39. The van der Waals surface area contributed by atoms with Gasteiger partial charge in [-0.1, -0.05) is 19.3 Å². The van der Waals surface area contributed by atoms with E-state index in [0.29, 0.717) is 12.5 Å². The van der Waals surface area contributed by atoms with Gasteiger partial charge in [0.1, 0.15) is 0 Å². The maximum absolute atomic E-state index is 12.3. The van der Waals surface area contributed by atoms with Gasteiger partial charge in [-0.25, -0.2) is 4.98 Å². The lowest BCUT2D eigenvalue weighted by Crippen LogP contribution is -2.51. The average molecular weight is 272 g/mol. The van der Waals surface area contributed by atoms with Crippen LogP contribution in [0.15, 0.2) is 18.7 Å². The molecule has 1 amide bonds. The van der Waals surface area contributed by atoms with E-state index in [1.54, 1.807) is 12.5 Å². The third kappa shape index (κ3) is 2.43. The predicted molar refractivity (Wildman–Crippen MR) is 73.6 cm³/mol. The van der Waals surface area contributed by atoms with E-state index in [1.165, 1.54) is 6.42 Å². The van der Waals surface area contributed by atoms with Crippen LogP contribution in [0.25, 0.3) is 0 Å². The van der Waals surface area contributed by atoms with E-state index in [1.807, 2.05) is 15.7 Å². The number of hydrogen-bond acceptors (Lipinski definition) is 3. The third-order valence-electron chi connectivity index (χ3n) is 4.70. The second-order valence-electron chi connectivity index (χ2n) is 6.09. The highest BCUT2D eigenvalue weighted by atomic mass is 16.2. The van der Waals surface area contributed by atoms with Gasteiger partial charge >= 0.3 is 0 Å². The Kier molecular flexibility index (Phi) is 3.47. The Hall–Kier alpha value is -1.83. The normalized spacial score (nSPS) is 22.1. The van der Waals surface area contributed by atoms with Crippen LogP contribution < -0.4 is 0 Å². The number of imidazole rings is 1. The van der Waals surface area contributed by atoms with Crippen LogP contribution in [0.1, 0.15) is 44.6 Å². The molecule has 1 saturated heterocycles. The molecule has 0 atom stereocenters. The molecule has 1 aliphatic heterocycles. The summed E-state index contributed by atoms with van der Waals surface area (Å²) in [6.07, 6.45) is 11.0. The van der Waals surface area contributed by atoms with E-state index < -0.39 is 5.41 Å². The molecule has 0 aromatic carbocycles. The zero-order chi connectivity index (χ0) is 14.0. The number of carbonyl (C=O) groups is 1. The molecule has 0 spiro atoms. The van der Waals surface area contributed by atoms with Crippen LogP contribution in [0.2, 0.25) is 0 Å². The summed E-state index contributed by atoms with van der Waals surface area (Å²) in [6.45, 7) is 1.49. The van der Waals surface area contributed by atoms with Crippen molar-refractivity contribution in [2.75, 3.05) is 13.1 Å². The summed E-state index contributed by atoms with van der Waals surface area (Å²) in [5.74, 6) is 0.143. The lowest BCUT2D eigenvalue weighted by molar-refractivity contribution is -0.139. The number of aromatic nitrogens is 2. The standard InChI is InChI=1S/C15H20N4O/c16-11-15(4-2-1-3-5-15)8-14(20)19-9-13(10-19)18-7-6-17-12-18/h6-7,12-13H,1-5,8-10H2. The van der Waals surface area contributed by atoms with Gasteiger partial charge in [-0.05, 0) is 12.8 Å². The van der Waals surface area contributed by atoms with Crippen molar-refractivity contribution in [1.29, 1.82) is 5.26 Å². The van der Waals surface area contributed by atoms with Gasteiger partial charge in [-0.15, -0.1) is 0 Å².